The van der Waals surface area contributed by atoms with Crippen LogP contribution in [-0.2, 0) is 19.1 Å². The van der Waals surface area contributed by atoms with Crippen LogP contribution in [0.1, 0.15) is 45.6 Å². The molecule has 1 aromatic carbocycles. The zero-order valence-corrected chi connectivity index (χ0v) is 16.2. The predicted octanol–water partition coefficient (Wildman–Crippen LogP) is 4.14. The molecule has 0 unspecified atom stereocenters. The second-order valence-corrected chi connectivity index (χ2v) is 7.51. The molecule has 1 aromatic rings. The van der Waals surface area contributed by atoms with Crippen LogP contribution in [0.2, 0.25) is 0 Å². The summed E-state index contributed by atoms with van der Waals surface area (Å²) in [5.41, 5.74) is 0.560. The summed E-state index contributed by atoms with van der Waals surface area (Å²) in [6.45, 7) is 5.94. The fraction of sp³-hybridized carbons (Fsp3) is 0.500. The second kappa shape index (κ2) is 9.91. The molecule has 0 heterocycles. The van der Waals surface area contributed by atoms with E-state index in [4.69, 9.17) is 9.47 Å². The first-order chi connectivity index (χ1) is 12.9. The van der Waals surface area contributed by atoms with E-state index in [1.165, 1.54) is 6.08 Å². The van der Waals surface area contributed by atoms with Gasteiger partial charge in [-0.05, 0) is 42.2 Å². The summed E-state index contributed by atoms with van der Waals surface area (Å²) in [5, 5.41) is 9.17. The van der Waals surface area contributed by atoms with Gasteiger partial charge in [-0.1, -0.05) is 57.5 Å². The van der Waals surface area contributed by atoms with Crippen molar-refractivity contribution in [3.05, 3.63) is 41.5 Å². The highest BCUT2D eigenvalue weighted by Crippen LogP contribution is 2.35. The number of nitriles is 1. The fourth-order valence-electron chi connectivity index (χ4n) is 3.51. The molecule has 144 valence electrons. The fourth-order valence-corrected chi connectivity index (χ4v) is 3.51. The van der Waals surface area contributed by atoms with Gasteiger partial charge in [0.2, 0.25) is 0 Å². The van der Waals surface area contributed by atoms with Crippen LogP contribution >= 0.6 is 0 Å². The molecule has 3 atom stereocenters. The third-order valence-electron chi connectivity index (χ3n) is 5.02. The van der Waals surface area contributed by atoms with Crippen LogP contribution < -0.4 is 0 Å². The Morgan fingerprint density at radius 2 is 1.96 bits per heavy atom. The maximum atomic E-state index is 12.2. The molecule has 0 radical (unpaired) electrons. The number of benzene rings is 1. The third-order valence-corrected chi connectivity index (χ3v) is 5.02. The van der Waals surface area contributed by atoms with E-state index in [-0.39, 0.29) is 11.7 Å². The van der Waals surface area contributed by atoms with Gasteiger partial charge in [-0.25, -0.2) is 9.59 Å². The van der Waals surface area contributed by atoms with Crippen molar-refractivity contribution in [3.63, 3.8) is 0 Å². The van der Waals surface area contributed by atoms with E-state index in [2.05, 4.69) is 20.8 Å². The number of ether oxygens (including phenoxy) is 2. The molecule has 0 aliphatic heterocycles. The minimum absolute atomic E-state index is 0.143. The van der Waals surface area contributed by atoms with E-state index >= 15 is 0 Å². The Morgan fingerprint density at radius 1 is 1.26 bits per heavy atom. The lowest BCUT2D eigenvalue weighted by molar-refractivity contribution is -0.165. The molecule has 0 amide bonds. The lowest BCUT2D eigenvalue weighted by Crippen LogP contribution is -2.36. The minimum Gasteiger partial charge on any atom is -0.460 e. The van der Waals surface area contributed by atoms with Gasteiger partial charge in [0.25, 0.3) is 0 Å². The smallest absolute Gasteiger partial charge is 0.349 e. The Morgan fingerprint density at radius 3 is 2.59 bits per heavy atom. The number of nitrogens with zero attached hydrogens (tertiary/aromatic N) is 1. The molecular weight excluding hydrogens is 342 g/mol. The van der Waals surface area contributed by atoms with Crippen molar-refractivity contribution in [3.8, 4) is 6.07 Å². The first-order valence-corrected chi connectivity index (χ1v) is 9.44. The maximum absolute atomic E-state index is 12.2. The van der Waals surface area contributed by atoms with Crippen LogP contribution in [0, 0.1) is 29.1 Å². The van der Waals surface area contributed by atoms with Crippen molar-refractivity contribution in [1.82, 2.24) is 0 Å². The van der Waals surface area contributed by atoms with Crippen LogP contribution in [-0.4, -0.2) is 24.6 Å². The molecule has 0 saturated heterocycles. The van der Waals surface area contributed by atoms with Gasteiger partial charge in [0, 0.05) is 0 Å². The molecule has 1 saturated carbocycles. The molecule has 0 N–H and O–H groups in total. The Balaban J connectivity index is 1.91. The van der Waals surface area contributed by atoms with Gasteiger partial charge in [0.1, 0.15) is 17.7 Å². The van der Waals surface area contributed by atoms with Crippen molar-refractivity contribution in [2.24, 2.45) is 17.8 Å². The van der Waals surface area contributed by atoms with Gasteiger partial charge in [0.15, 0.2) is 6.61 Å². The zero-order chi connectivity index (χ0) is 19.8. The van der Waals surface area contributed by atoms with Crippen molar-refractivity contribution < 1.29 is 19.1 Å². The molecular formula is C22H27NO4. The molecule has 5 heteroatoms. The summed E-state index contributed by atoms with van der Waals surface area (Å²) < 4.78 is 10.6. The number of hydrogen-bond donors (Lipinski definition) is 0. The first kappa shape index (κ1) is 20.7. The minimum atomic E-state index is -0.823. The van der Waals surface area contributed by atoms with Crippen molar-refractivity contribution in [2.45, 2.75) is 46.1 Å². The molecule has 0 bridgehead atoms. The third kappa shape index (κ3) is 6.25. The van der Waals surface area contributed by atoms with Crippen molar-refractivity contribution in [2.75, 3.05) is 6.61 Å². The highest BCUT2D eigenvalue weighted by molar-refractivity contribution is 5.98. The second-order valence-electron chi connectivity index (χ2n) is 7.51. The molecule has 1 aliphatic carbocycles. The highest BCUT2D eigenvalue weighted by atomic mass is 16.6. The summed E-state index contributed by atoms with van der Waals surface area (Å²) in [6.07, 6.45) is 4.30. The topological polar surface area (TPSA) is 76.4 Å². The van der Waals surface area contributed by atoms with E-state index in [0.717, 1.165) is 19.3 Å². The summed E-state index contributed by atoms with van der Waals surface area (Å²) in [5.74, 6) is -0.120. The SMILES string of the molecule is CC(C)[C@@H]1CC[C@H](C)C[C@H]1OC(=O)COC(=O)/C(C#N)=C/c1ccccc1. The van der Waals surface area contributed by atoms with Crippen LogP contribution in [0.4, 0.5) is 0 Å². The lowest BCUT2D eigenvalue weighted by atomic mass is 9.75. The van der Waals surface area contributed by atoms with Crippen LogP contribution in [0.5, 0.6) is 0 Å². The van der Waals surface area contributed by atoms with E-state index in [9.17, 15) is 14.9 Å². The van der Waals surface area contributed by atoms with E-state index in [1.807, 2.05) is 12.1 Å². The van der Waals surface area contributed by atoms with E-state index in [0.29, 0.717) is 23.3 Å². The molecule has 27 heavy (non-hydrogen) atoms. The van der Waals surface area contributed by atoms with E-state index in [1.54, 1.807) is 24.3 Å². The monoisotopic (exact) mass is 369 g/mol. The first-order valence-electron chi connectivity index (χ1n) is 9.44. The van der Waals surface area contributed by atoms with E-state index < -0.39 is 18.5 Å². The molecule has 5 nitrogen and oxygen atoms in total. The quantitative estimate of drug-likeness (QED) is 0.428. The average molecular weight is 369 g/mol. The zero-order valence-electron chi connectivity index (χ0n) is 16.2. The van der Waals surface area contributed by atoms with Crippen LogP contribution in [0.3, 0.4) is 0 Å². The van der Waals surface area contributed by atoms with Crippen molar-refractivity contribution in [1.29, 1.82) is 5.26 Å². The molecule has 2 rings (SSSR count). The van der Waals surface area contributed by atoms with Gasteiger partial charge in [-0.3, -0.25) is 0 Å². The predicted molar refractivity (Wildman–Crippen MR) is 102 cm³/mol. The number of esters is 2. The summed E-state index contributed by atoms with van der Waals surface area (Å²) in [6, 6.07) is 10.8. The summed E-state index contributed by atoms with van der Waals surface area (Å²) in [7, 11) is 0. The largest absolute Gasteiger partial charge is 0.460 e. The van der Waals surface area contributed by atoms with Crippen LogP contribution in [0.25, 0.3) is 6.08 Å². The Hall–Kier alpha value is -2.61. The summed E-state index contributed by atoms with van der Waals surface area (Å²) >= 11 is 0. The van der Waals surface area contributed by atoms with Gasteiger partial charge in [-0.2, -0.15) is 5.26 Å². The highest BCUT2D eigenvalue weighted by Gasteiger charge is 2.33. The standard InChI is InChI=1S/C22H27NO4/c1-15(2)19-10-9-16(3)11-20(19)27-21(24)14-26-22(25)18(13-23)12-17-7-5-4-6-8-17/h4-8,12,15-16,19-20H,9-11,14H2,1-3H3/b18-12+/t16-,19-,20+/m0/s1. The lowest BCUT2D eigenvalue weighted by Gasteiger charge is -2.36. The molecule has 0 aromatic heterocycles. The Bertz CT molecular complexity index is 718. The molecule has 0 spiro atoms. The van der Waals surface area contributed by atoms with Gasteiger partial charge in [0.05, 0.1) is 0 Å². The maximum Gasteiger partial charge on any atom is 0.349 e. The number of carbonyl (C=O) groups is 2. The normalized spacial score (nSPS) is 22.8. The van der Waals surface area contributed by atoms with Crippen molar-refractivity contribution >= 4 is 18.0 Å². The number of rotatable bonds is 6. The van der Waals surface area contributed by atoms with Gasteiger partial charge in [-0.15, -0.1) is 0 Å². The average Bonchev–Trinajstić information content (AvgIpc) is 2.64. The molecule has 1 fully saturated rings. The van der Waals surface area contributed by atoms with Gasteiger partial charge >= 0.3 is 11.9 Å². The van der Waals surface area contributed by atoms with Gasteiger partial charge < -0.3 is 9.47 Å². The molecule has 1 aliphatic rings. The number of carbonyl (C=O) groups excluding carboxylic acids is 2. The number of hydrogen-bond acceptors (Lipinski definition) is 5. The summed E-state index contributed by atoms with van der Waals surface area (Å²) in [4.78, 5) is 24.2. The van der Waals surface area contributed by atoms with Crippen LogP contribution in [0.15, 0.2) is 35.9 Å². The Kier molecular flexibility index (Phi) is 7.60. The Labute approximate surface area is 161 Å².